The van der Waals surface area contributed by atoms with Crippen LogP contribution in [-0.2, 0) is 0 Å². The summed E-state index contributed by atoms with van der Waals surface area (Å²) in [5, 5.41) is 3.03. The van der Waals surface area contributed by atoms with Crippen LogP contribution in [0, 0.1) is 6.92 Å². The normalized spacial score (nSPS) is 13.0. The minimum Gasteiger partial charge on any atom is -0.405 e. The predicted molar refractivity (Wildman–Crippen MR) is 75.2 cm³/mol. The first-order valence-corrected chi connectivity index (χ1v) is 6.49. The maximum Gasteiger partial charge on any atom is 0.573 e. The monoisotopic (exact) mass is 295 g/mol. The summed E-state index contributed by atoms with van der Waals surface area (Å²) in [6.07, 6.45) is -4.71. The highest BCUT2D eigenvalue weighted by Crippen LogP contribution is 2.33. The summed E-state index contributed by atoms with van der Waals surface area (Å²) in [5.74, 6) is -0.190. The van der Waals surface area contributed by atoms with E-state index in [0.717, 1.165) is 11.1 Å². The summed E-state index contributed by atoms with van der Waals surface area (Å²) in [6.45, 7) is 1.96. The molecule has 0 radical (unpaired) electrons. The zero-order valence-electron chi connectivity index (χ0n) is 11.7. The Morgan fingerprint density at radius 2 is 1.62 bits per heavy atom. The lowest BCUT2D eigenvalue weighted by molar-refractivity contribution is -0.275. The number of nitrogens with one attached hydrogen (secondary N) is 1. The average molecular weight is 295 g/mol. The van der Waals surface area contributed by atoms with Gasteiger partial charge in [0, 0.05) is 5.56 Å². The molecule has 0 saturated carbocycles. The molecule has 0 aliphatic rings. The maximum absolute atomic E-state index is 12.5. The molecule has 1 N–H and O–H groups in total. The van der Waals surface area contributed by atoms with Gasteiger partial charge in [0.1, 0.15) is 5.75 Å². The lowest BCUT2D eigenvalue weighted by Crippen LogP contribution is -2.22. The molecule has 0 aliphatic heterocycles. The molecule has 0 amide bonds. The SMILES string of the molecule is CNC(c1ccc(C)cc1)c1ccccc1OC(F)(F)F. The van der Waals surface area contributed by atoms with Crippen molar-refractivity contribution in [3.63, 3.8) is 0 Å². The van der Waals surface area contributed by atoms with Crippen LogP contribution < -0.4 is 10.1 Å². The highest BCUT2D eigenvalue weighted by molar-refractivity contribution is 5.42. The molecular formula is C16H16F3NO. The quantitative estimate of drug-likeness (QED) is 0.912. The number of alkyl halides is 3. The molecule has 1 unspecified atom stereocenters. The second kappa shape index (κ2) is 6.18. The summed E-state index contributed by atoms with van der Waals surface area (Å²) < 4.78 is 41.6. The van der Waals surface area contributed by atoms with Crippen LogP contribution in [0.25, 0.3) is 0 Å². The molecule has 0 saturated heterocycles. The van der Waals surface area contributed by atoms with Gasteiger partial charge < -0.3 is 10.1 Å². The fourth-order valence-electron chi connectivity index (χ4n) is 2.20. The number of para-hydroxylation sites is 1. The van der Waals surface area contributed by atoms with Gasteiger partial charge >= 0.3 is 6.36 Å². The standard InChI is InChI=1S/C16H16F3NO/c1-11-7-9-12(10-8-11)15(20-2)13-5-3-4-6-14(13)21-16(17,18)19/h3-10,15,20H,1-2H3. The molecule has 2 aromatic rings. The van der Waals surface area contributed by atoms with Gasteiger partial charge in [-0.2, -0.15) is 0 Å². The van der Waals surface area contributed by atoms with E-state index in [0.29, 0.717) is 5.56 Å². The molecule has 5 heteroatoms. The molecule has 0 aliphatic carbocycles. The Hall–Kier alpha value is -2.01. The molecule has 21 heavy (non-hydrogen) atoms. The van der Waals surface area contributed by atoms with E-state index in [2.05, 4.69) is 10.1 Å². The lowest BCUT2D eigenvalue weighted by Gasteiger charge is -2.21. The number of ether oxygens (including phenoxy) is 1. The van der Waals surface area contributed by atoms with Crippen molar-refractivity contribution in [1.29, 1.82) is 0 Å². The number of hydrogen-bond donors (Lipinski definition) is 1. The van der Waals surface area contributed by atoms with E-state index in [-0.39, 0.29) is 11.8 Å². The summed E-state index contributed by atoms with van der Waals surface area (Å²) in [6, 6.07) is 13.4. The molecule has 2 nitrogen and oxygen atoms in total. The first kappa shape index (κ1) is 15.4. The average Bonchev–Trinajstić information content (AvgIpc) is 2.42. The summed E-state index contributed by atoms with van der Waals surface area (Å²) >= 11 is 0. The smallest absolute Gasteiger partial charge is 0.405 e. The van der Waals surface area contributed by atoms with Crippen molar-refractivity contribution in [2.75, 3.05) is 7.05 Å². The first-order valence-electron chi connectivity index (χ1n) is 6.49. The number of aryl methyl sites for hydroxylation is 1. The summed E-state index contributed by atoms with van der Waals surface area (Å²) in [5.41, 5.74) is 2.41. The molecule has 0 aromatic heterocycles. The van der Waals surface area contributed by atoms with Crippen molar-refractivity contribution in [2.24, 2.45) is 0 Å². The van der Waals surface area contributed by atoms with Crippen molar-refractivity contribution in [1.82, 2.24) is 5.32 Å². The highest BCUT2D eigenvalue weighted by Gasteiger charge is 2.33. The summed E-state index contributed by atoms with van der Waals surface area (Å²) in [4.78, 5) is 0. The second-order valence-corrected chi connectivity index (χ2v) is 4.72. The molecule has 2 rings (SSSR count). The minimum atomic E-state index is -4.71. The van der Waals surface area contributed by atoms with Crippen LogP contribution in [0.2, 0.25) is 0 Å². The molecule has 1 atom stereocenters. The van der Waals surface area contributed by atoms with Crippen molar-refractivity contribution >= 4 is 0 Å². The lowest BCUT2D eigenvalue weighted by atomic mass is 9.97. The Kier molecular flexibility index (Phi) is 4.53. The van der Waals surface area contributed by atoms with Crippen LogP contribution in [-0.4, -0.2) is 13.4 Å². The maximum atomic E-state index is 12.5. The summed E-state index contributed by atoms with van der Waals surface area (Å²) in [7, 11) is 1.70. The van der Waals surface area contributed by atoms with Crippen molar-refractivity contribution in [2.45, 2.75) is 19.3 Å². The Morgan fingerprint density at radius 1 is 1.00 bits per heavy atom. The van der Waals surface area contributed by atoms with E-state index in [1.165, 1.54) is 12.1 Å². The number of hydrogen-bond acceptors (Lipinski definition) is 2. The topological polar surface area (TPSA) is 21.3 Å². The van der Waals surface area contributed by atoms with E-state index >= 15 is 0 Å². The first-order chi connectivity index (χ1) is 9.90. The minimum absolute atomic E-state index is 0.190. The van der Waals surface area contributed by atoms with Gasteiger partial charge in [0.05, 0.1) is 6.04 Å². The van der Waals surface area contributed by atoms with Crippen LogP contribution in [0.5, 0.6) is 5.75 Å². The largest absolute Gasteiger partial charge is 0.573 e. The second-order valence-electron chi connectivity index (χ2n) is 4.72. The van der Waals surface area contributed by atoms with Gasteiger partial charge in [-0.3, -0.25) is 0 Å². The Balaban J connectivity index is 2.40. The molecule has 0 spiro atoms. The zero-order chi connectivity index (χ0) is 15.5. The number of benzene rings is 2. The molecule has 112 valence electrons. The van der Waals surface area contributed by atoms with Crippen LogP contribution in [0.4, 0.5) is 13.2 Å². The zero-order valence-corrected chi connectivity index (χ0v) is 11.7. The van der Waals surface area contributed by atoms with E-state index < -0.39 is 6.36 Å². The van der Waals surface area contributed by atoms with E-state index in [9.17, 15) is 13.2 Å². The van der Waals surface area contributed by atoms with Gasteiger partial charge in [-0.05, 0) is 25.6 Å². The molecule has 0 fully saturated rings. The van der Waals surface area contributed by atoms with E-state index in [1.807, 2.05) is 31.2 Å². The van der Waals surface area contributed by atoms with Crippen molar-refractivity contribution in [3.8, 4) is 5.75 Å². The molecule has 0 bridgehead atoms. The number of halogens is 3. The highest BCUT2D eigenvalue weighted by atomic mass is 19.4. The Bertz CT molecular complexity index is 593. The van der Waals surface area contributed by atoms with Crippen molar-refractivity contribution < 1.29 is 17.9 Å². The van der Waals surface area contributed by atoms with Gasteiger partial charge in [0.2, 0.25) is 0 Å². The third-order valence-corrected chi connectivity index (χ3v) is 3.16. The van der Waals surface area contributed by atoms with E-state index in [1.54, 1.807) is 19.2 Å². The van der Waals surface area contributed by atoms with Crippen LogP contribution in [0.3, 0.4) is 0 Å². The predicted octanol–water partition coefficient (Wildman–Crippen LogP) is 4.20. The molecule has 2 aromatic carbocycles. The molecule has 0 heterocycles. The molecular weight excluding hydrogens is 279 g/mol. The Morgan fingerprint density at radius 3 is 2.19 bits per heavy atom. The van der Waals surface area contributed by atoms with E-state index in [4.69, 9.17) is 0 Å². The van der Waals surface area contributed by atoms with Crippen LogP contribution in [0.1, 0.15) is 22.7 Å². The van der Waals surface area contributed by atoms with Gasteiger partial charge in [-0.15, -0.1) is 13.2 Å². The third-order valence-electron chi connectivity index (χ3n) is 3.16. The van der Waals surface area contributed by atoms with Gasteiger partial charge in [-0.25, -0.2) is 0 Å². The van der Waals surface area contributed by atoms with Gasteiger partial charge in [-0.1, -0.05) is 48.0 Å². The van der Waals surface area contributed by atoms with Crippen molar-refractivity contribution in [3.05, 3.63) is 65.2 Å². The third kappa shape index (κ3) is 3.98. The van der Waals surface area contributed by atoms with Gasteiger partial charge in [0.15, 0.2) is 0 Å². The fourth-order valence-corrected chi connectivity index (χ4v) is 2.20. The fraction of sp³-hybridized carbons (Fsp3) is 0.250. The van der Waals surface area contributed by atoms with Gasteiger partial charge in [0.25, 0.3) is 0 Å². The Labute approximate surface area is 121 Å². The van der Waals surface area contributed by atoms with Crippen LogP contribution >= 0.6 is 0 Å². The van der Waals surface area contributed by atoms with Crippen LogP contribution in [0.15, 0.2) is 48.5 Å². The number of rotatable bonds is 4.